The predicted octanol–water partition coefficient (Wildman–Crippen LogP) is 4.48. The summed E-state index contributed by atoms with van der Waals surface area (Å²) >= 11 is 0. The largest absolute Gasteiger partial charge is 0.361 e. The number of fused-ring (bicyclic) bond motifs is 2. The molecule has 3 N–H and O–H groups in total. The van der Waals surface area contributed by atoms with Crippen molar-refractivity contribution in [2.45, 2.75) is 31.1 Å². The van der Waals surface area contributed by atoms with E-state index < -0.39 is 17.8 Å². The number of amides is 1. The lowest BCUT2D eigenvalue weighted by Crippen LogP contribution is -2.59. The first-order valence-corrected chi connectivity index (χ1v) is 10.4. The number of rotatable bonds is 3. The van der Waals surface area contributed by atoms with Crippen molar-refractivity contribution in [1.82, 2.24) is 20.2 Å². The zero-order valence-corrected chi connectivity index (χ0v) is 17.4. The van der Waals surface area contributed by atoms with Gasteiger partial charge in [0.1, 0.15) is 12.0 Å². The van der Waals surface area contributed by atoms with Crippen molar-refractivity contribution >= 4 is 27.7 Å². The van der Waals surface area contributed by atoms with Crippen LogP contribution in [0.1, 0.15) is 29.3 Å². The summed E-state index contributed by atoms with van der Waals surface area (Å²) in [5, 5.41) is 4.49. The van der Waals surface area contributed by atoms with Gasteiger partial charge in [0.15, 0.2) is 0 Å². The molecule has 160 valence electrons. The van der Waals surface area contributed by atoms with E-state index in [1.807, 2.05) is 49.3 Å². The quantitative estimate of drug-likeness (QED) is 0.456. The molecular weight excluding hydrogens is 398 g/mol. The van der Waals surface area contributed by atoms with Crippen LogP contribution in [0.5, 0.6) is 0 Å². The molecule has 3 heterocycles. The first kappa shape index (κ1) is 19.8. The minimum Gasteiger partial charge on any atom is -0.361 e. The molecule has 1 aliphatic heterocycles. The van der Waals surface area contributed by atoms with Crippen LogP contribution in [0, 0.1) is 5.82 Å². The molecule has 3 atom stereocenters. The van der Waals surface area contributed by atoms with Gasteiger partial charge in [-0.05, 0) is 50.2 Å². The van der Waals surface area contributed by atoms with Gasteiger partial charge in [0.2, 0.25) is 0 Å². The molecule has 31 heavy (non-hydrogen) atoms. The molecule has 1 fully saturated rings. The Labute approximate surface area is 178 Å². The van der Waals surface area contributed by atoms with E-state index in [0.717, 1.165) is 27.4 Å². The Bertz CT molecular complexity index is 1280. The summed E-state index contributed by atoms with van der Waals surface area (Å²) in [6, 6.07) is 11.5. The smallest absolute Gasteiger partial charge is 0.253 e. The third kappa shape index (κ3) is 3.20. The summed E-state index contributed by atoms with van der Waals surface area (Å²) in [6.07, 6.45) is 2.67. The van der Waals surface area contributed by atoms with Crippen molar-refractivity contribution in [3.63, 3.8) is 0 Å². The minimum atomic E-state index is -1.21. The summed E-state index contributed by atoms with van der Waals surface area (Å²) in [6.45, 7) is 2.18. The van der Waals surface area contributed by atoms with Gasteiger partial charge in [0, 0.05) is 46.3 Å². The molecule has 0 aliphatic carbocycles. The maximum atomic E-state index is 15.0. The highest BCUT2D eigenvalue weighted by molar-refractivity contribution is 6.06. The summed E-state index contributed by atoms with van der Waals surface area (Å²) in [7, 11) is 1.86. The van der Waals surface area contributed by atoms with Crippen molar-refractivity contribution < 1.29 is 13.6 Å². The molecule has 0 saturated carbocycles. The van der Waals surface area contributed by atoms with Crippen molar-refractivity contribution in [2.75, 3.05) is 13.6 Å². The first-order valence-electron chi connectivity index (χ1n) is 10.4. The summed E-state index contributed by atoms with van der Waals surface area (Å²) in [4.78, 5) is 21.2. The second kappa shape index (κ2) is 7.20. The molecule has 7 heteroatoms. The molecule has 3 unspecified atom stereocenters. The number of hydrogen-bond acceptors (Lipinski definition) is 2. The Balaban J connectivity index is 1.46. The number of benzene rings is 2. The molecule has 2 aromatic heterocycles. The van der Waals surface area contributed by atoms with Crippen molar-refractivity contribution in [2.24, 2.45) is 0 Å². The molecule has 4 aromatic rings. The highest BCUT2D eigenvalue weighted by Crippen LogP contribution is 2.40. The van der Waals surface area contributed by atoms with E-state index in [1.54, 1.807) is 12.3 Å². The van der Waals surface area contributed by atoms with E-state index >= 15 is 4.39 Å². The molecule has 1 saturated heterocycles. The lowest BCUT2D eigenvalue weighted by atomic mass is 9.79. The van der Waals surface area contributed by atoms with Crippen LogP contribution in [-0.2, 0) is 5.54 Å². The molecule has 0 bridgehead atoms. The number of nitrogens with zero attached hydrogens (tertiary/aromatic N) is 1. The van der Waals surface area contributed by atoms with Gasteiger partial charge in [-0.2, -0.15) is 0 Å². The van der Waals surface area contributed by atoms with Crippen LogP contribution in [0.4, 0.5) is 8.78 Å². The lowest BCUT2D eigenvalue weighted by Gasteiger charge is -2.47. The van der Waals surface area contributed by atoms with Crippen molar-refractivity contribution in [3.8, 4) is 0 Å². The summed E-state index contributed by atoms with van der Waals surface area (Å²) in [5.74, 6) is -0.620. The van der Waals surface area contributed by atoms with E-state index in [4.69, 9.17) is 0 Å². The van der Waals surface area contributed by atoms with E-state index in [1.165, 1.54) is 12.1 Å². The first-order chi connectivity index (χ1) is 14.9. The zero-order valence-electron chi connectivity index (χ0n) is 17.4. The Morgan fingerprint density at radius 2 is 1.87 bits per heavy atom. The number of alkyl halides is 1. The number of likely N-dealkylation sites (tertiary alicyclic amines) is 1. The lowest BCUT2D eigenvalue weighted by molar-refractivity contribution is 0.0149. The summed E-state index contributed by atoms with van der Waals surface area (Å²) < 4.78 is 29.0. The number of nitrogens with one attached hydrogen (secondary N) is 3. The van der Waals surface area contributed by atoms with Gasteiger partial charge < -0.3 is 15.3 Å². The Hall–Kier alpha value is -3.19. The molecule has 1 amide bonds. The molecule has 0 spiro atoms. The number of carbonyl (C=O) groups is 1. The van der Waals surface area contributed by atoms with Crippen LogP contribution in [0.2, 0.25) is 0 Å². The van der Waals surface area contributed by atoms with Gasteiger partial charge in [-0.3, -0.25) is 9.69 Å². The van der Waals surface area contributed by atoms with Crippen LogP contribution >= 0.6 is 0 Å². The number of para-hydroxylation sites is 1. The van der Waals surface area contributed by atoms with Gasteiger partial charge in [-0.15, -0.1) is 0 Å². The number of aromatic nitrogens is 2. The SMILES string of the molecule is CN1CC(F)C(NC(=O)c2c[nH]c3ccccc23)CC1(C)c1c[nH]c2ccc(F)cc12. The van der Waals surface area contributed by atoms with Gasteiger partial charge in [-0.1, -0.05) is 18.2 Å². The van der Waals surface area contributed by atoms with Gasteiger partial charge in [-0.25, -0.2) is 8.78 Å². The average molecular weight is 422 g/mol. The monoisotopic (exact) mass is 422 g/mol. The summed E-state index contributed by atoms with van der Waals surface area (Å²) in [5.41, 5.74) is 2.50. The highest BCUT2D eigenvalue weighted by Gasteiger charge is 2.44. The van der Waals surface area contributed by atoms with Gasteiger partial charge in [0.25, 0.3) is 5.91 Å². The molecule has 2 aromatic carbocycles. The average Bonchev–Trinajstić information content (AvgIpc) is 3.36. The second-order valence-electron chi connectivity index (χ2n) is 8.59. The Morgan fingerprint density at radius 3 is 2.71 bits per heavy atom. The standard InChI is InChI=1S/C24H24F2N4O/c1-24(18-12-28-21-8-7-14(25)9-16(18)21)10-22(19(26)13-30(24)2)29-23(31)17-11-27-20-6-4-3-5-15(17)20/h3-9,11-12,19,22,27-28H,10,13H2,1-2H3,(H,29,31). The number of piperidine rings is 1. The number of carbonyl (C=O) groups excluding carboxylic acids is 1. The third-order valence-corrected chi connectivity index (χ3v) is 6.72. The van der Waals surface area contributed by atoms with Crippen LogP contribution in [0.15, 0.2) is 54.9 Å². The Kier molecular flexibility index (Phi) is 4.59. The van der Waals surface area contributed by atoms with Crippen molar-refractivity contribution in [3.05, 3.63) is 71.8 Å². The number of hydrogen-bond donors (Lipinski definition) is 3. The zero-order chi connectivity index (χ0) is 21.8. The van der Waals surface area contributed by atoms with Gasteiger partial charge in [0.05, 0.1) is 11.6 Å². The van der Waals surface area contributed by atoms with E-state index in [-0.39, 0.29) is 18.3 Å². The predicted molar refractivity (Wildman–Crippen MR) is 117 cm³/mol. The maximum absolute atomic E-state index is 15.0. The van der Waals surface area contributed by atoms with E-state index in [0.29, 0.717) is 12.0 Å². The topological polar surface area (TPSA) is 63.9 Å². The van der Waals surface area contributed by atoms with Gasteiger partial charge >= 0.3 is 0 Å². The number of aromatic amines is 2. The Morgan fingerprint density at radius 1 is 1.13 bits per heavy atom. The third-order valence-electron chi connectivity index (χ3n) is 6.72. The second-order valence-corrected chi connectivity index (χ2v) is 8.59. The number of halogens is 2. The molecule has 5 nitrogen and oxygen atoms in total. The minimum absolute atomic E-state index is 0.164. The van der Waals surface area contributed by atoms with E-state index in [2.05, 4.69) is 15.3 Å². The molecule has 0 radical (unpaired) electrons. The fraction of sp³-hybridized carbons (Fsp3) is 0.292. The van der Waals surface area contributed by atoms with Crippen LogP contribution in [0.25, 0.3) is 21.8 Å². The molecular formula is C24H24F2N4O. The molecule has 1 aliphatic rings. The highest BCUT2D eigenvalue weighted by atomic mass is 19.1. The van der Waals surface area contributed by atoms with Crippen LogP contribution in [0.3, 0.4) is 0 Å². The van der Waals surface area contributed by atoms with Crippen molar-refractivity contribution in [1.29, 1.82) is 0 Å². The maximum Gasteiger partial charge on any atom is 0.253 e. The van der Waals surface area contributed by atoms with Crippen LogP contribution in [-0.4, -0.2) is 46.6 Å². The fourth-order valence-corrected chi connectivity index (χ4v) is 4.80. The fourth-order valence-electron chi connectivity index (χ4n) is 4.80. The normalized spacial score (nSPS) is 24.6. The van der Waals surface area contributed by atoms with E-state index in [9.17, 15) is 9.18 Å². The van der Waals surface area contributed by atoms with Crippen LogP contribution < -0.4 is 5.32 Å². The number of H-pyrrole nitrogens is 2. The molecule has 5 rings (SSSR count).